The molecule has 0 radical (unpaired) electrons. The van der Waals surface area contributed by atoms with Gasteiger partial charge in [0.05, 0.1) is 19.3 Å². The number of nitrogens with zero attached hydrogens (tertiary/aromatic N) is 2. The standard InChI is InChI=1S/C14H18BrN3O/c1-9-14(17-13(8-16-2)18(9)3)11-7-10(15)5-6-12(11)19-4/h5-7,16H,8H2,1-4H3. The number of halogens is 1. The molecule has 4 nitrogen and oxygen atoms in total. The molecule has 0 bridgehead atoms. The second-order valence-corrected chi connectivity index (χ2v) is 5.31. The van der Waals surface area contributed by atoms with E-state index in [2.05, 4.69) is 32.7 Å². The first-order valence-electron chi connectivity index (χ1n) is 6.09. The van der Waals surface area contributed by atoms with Crippen molar-refractivity contribution in [3.05, 3.63) is 34.2 Å². The van der Waals surface area contributed by atoms with Crippen LogP contribution in [0.5, 0.6) is 5.75 Å². The zero-order valence-corrected chi connectivity index (χ0v) is 13.2. The summed E-state index contributed by atoms with van der Waals surface area (Å²) in [5.41, 5.74) is 3.10. The van der Waals surface area contributed by atoms with Gasteiger partial charge in [-0.25, -0.2) is 4.98 Å². The molecule has 1 N–H and O–H groups in total. The van der Waals surface area contributed by atoms with Gasteiger partial charge in [0.2, 0.25) is 0 Å². The van der Waals surface area contributed by atoms with Gasteiger partial charge >= 0.3 is 0 Å². The van der Waals surface area contributed by atoms with Crippen molar-refractivity contribution in [2.24, 2.45) is 7.05 Å². The van der Waals surface area contributed by atoms with Crippen molar-refractivity contribution in [3.8, 4) is 17.0 Å². The van der Waals surface area contributed by atoms with Crippen molar-refractivity contribution < 1.29 is 4.74 Å². The van der Waals surface area contributed by atoms with Crippen molar-refractivity contribution in [1.82, 2.24) is 14.9 Å². The van der Waals surface area contributed by atoms with Crippen molar-refractivity contribution in [2.75, 3.05) is 14.2 Å². The SMILES string of the molecule is CNCc1nc(-c2cc(Br)ccc2OC)c(C)n1C. The number of imidazole rings is 1. The number of ether oxygens (including phenoxy) is 1. The average Bonchev–Trinajstić information content (AvgIpc) is 2.67. The highest BCUT2D eigenvalue weighted by Crippen LogP contribution is 2.34. The number of aromatic nitrogens is 2. The van der Waals surface area contributed by atoms with E-state index in [1.165, 1.54) is 0 Å². The molecule has 0 amide bonds. The molecule has 0 fully saturated rings. The Kier molecular flexibility index (Phi) is 4.27. The molecule has 1 heterocycles. The molecule has 2 aromatic rings. The highest BCUT2D eigenvalue weighted by Gasteiger charge is 2.16. The van der Waals surface area contributed by atoms with Crippen LogP contribution in [0.15, 0.2) is 22.7 Å². The molecule has 5 heteroatoms. The molecular formula is C14H18BrN3O. The van der Waals surface area contributed by atoms with Gasteiger partial charge in [0, 0.05) is 22.8 Å². The Labute approximate surface area is 121 Å². The molecule has 0 atom stereocenters. The van der Waals surface area contributed by atoms with Crippen molar-refractivity contribution >= 4 is 15.9 Å². The lowest BCUT2D eigenvalue weighted by Crippen LogP contribution is -2.10. The summed E-state index contributed by atoms with van der Waals surface area (Å²) in [6.45, 7) is 2.81. The van der Waals surface area contributed by atoms with Crippen LogP contribution in [-0.2, 0) is 13.6 Å². The van der Waals surface area contributed by atoms with Gasteiger partial charge in [0.15, 0.2) is 0 Å². The van der Waals surface area contributed by atoms with Crippen molar-refractivity contribution in [2.45, 2.75) is 13.5 Å². The molecular weight excluding hydrogens is 306 g/mol. The molecule has 0 aliphatic rings. The Bertz CT molecular complexity index is 593. The molecule has 0 spiro atoms. The van der Waals surface area contributed by atoms with E-state index in [-0.39, 0.29) is 0 Å². The summed E-state index contributed by atoms with van der Waals surface area (Å²) in [6, 6.07) is 5.96. The summed E-state index contributed by atoms with van der Waals surface area (Å²) >= 11 is 3.50. The summed E-state index contributed by atoms with van der Waals surface area (Å²) in [4.78, 5) is 4.72. The van der Waals surface area contributed by atoms with Crippen LogP contribution in [0.4, 0.5) is 0 Å². The monoisotopic (exact) mass is 323 g/mol. The maximum atomic E-state index is 5.43. The largest absolute Gasteiger partial charge is 0.496 e. The second-order valence-electron chi connectivity index (χ2n) is 4.40. The third-order valence-corrected chi connectivity index (χ3v) is 3.72. The highest BCUT2D eigenvalue weighted by atomic mass is 79.9. The minimum absolute atomic E-state index is 0.744. The smallest absolute Gasteiger partial charge is 0.128 e. The van der Waals surface area contributed by atoms with Crippen LogP contribution < -0.4 is 10.1 Å². The first kappa shape index (κ1) is 14.1. The number of methoxy groups -OCH3 is 1. The highest BCUT2D eigenvalue weighted by molar-refractivity contribution is 9.10. The molecule has 0 saturated heterocycles. The van der Waals surface area contributed by atoms with E-state index in [1.54, 1.807) is 7.11 Å². The van der Waals surface area contributed by atoms with Gasteiger partial charge in [-0.05, 0) is 32.2 Å². The molecule has 1 aromatic carbocycles. The van der Waals surface area contributed by atoms with E-state index in [1.807, 2.05) is 32.3 Å². The van der Waals surface area contributed by atoms with Crippen LogP contribution in [0.25, 0.3) is 11.3 Å². The number of benzene rings is 1. The van der Waals surface area contributed by atoms with E-state index in [4.69, 9.17) is 9.72 Å². The van der Waals surface area contributed by atoms with Crippen molar-refractivity contribution in [3.63, 3.8) is 0 Å². The maximum Gasteiger partial charge on any atom is 0.128 e. The first-order chi connectivity index (χ1) is 9.08. The quantitative estimate of drug-likeness (QED) is 0.940. The van der Waals surface area contributed by atoms with E-state index in [0.717, 1.165) is 39.5 Å². The Morgan fingerprint density at radius 2 is 2.16 bits per heavy atom. The fraction of sp³-hybridized carbons (Fsp3) is 0.357. The molecule has 2 rings (SSSR count). The molecule has 0 saturated carbocycles. The van der Waals surface area contributed by atoms with Gasteiger partial charge in [-0.1, -0.05) is 15.9 Å². The zero-order chi connectivity index (χ0) is 14.0. The van der Waals surface area contributed by atoms with Crippen LogP contribution in [0, 0.1) is 6.92 Å². The normalized spacial score (nSPS) is 10.8. The fourth-order valence-corrected chi connectivity index (χ4v) is 2.44. The molecule has 102 valence electrons. The second kappa shape index (κ2) is 5.75. The summed E-state index contributed by atoms with van der Waals surface area (Å²) in [5, 5.41) is 3.13. The Morgan fingerprint density at radius 1 is 1.42 bits per heavy atom. The Morgan fingerprint density at radius 3 is 2.79 bits per heavy atom. The number of hydrogen-bond donors (Lipinski definition) is 1. The van der Waals surface area contributed by atoms with E-state index in [9.17, 15) is 0 Å². The Hall–Kier alpha value is -1.33. The average molecular weight is 324 g/mol. The van der Waals surface area contributed by atoms with Crippen LogP contribution in [0.1, 0.15) is 11.5 Å². The first-order valence-corrected chi connectivity index (χ1v) is 6.88. The molecule has 1 aromatic heterocycles. The molecule has 0 unspecified atom stereocenters. The molecule has 19 heavy (non-hydrogen) atoms. The van der Waals surface area contributed by atoms with Crippen LogP contribution in [0.2, 0.25) is 0 Å². The van der Waals surface area contributed by atoms with Gasteiger partial charge in [-0.3, -0.25) is 0 Å². The van der Waals surface area contributed by atoms with Gasteiger partial charge in [0.25, 0.3) is 0 Å². The topological polar surface area (TPSA) is 39.1 Å². The lowest BCUT2D eigenvalue weighted by Gasteiger charge is -2.08. The number of nitrogens with one attached hydrogen (secondary N) is 1. The number of rotatable bonds is 4. The minimum Gasteiger partial charge on any atom is -0.496 e. The number of hydrogen-bond acceptors (Lipinski definition) is 3. The molecule has 0 aliphatic carbocycles. The zero-order valence-electron chi connectivity index (χ0n) is 11.6. The van der Waals surface area contributed by atoms with Gasteiger partial charge < -0.3 is 14.6 Å². The van der Waals surface area contributed by atoms with Gasteiger partial charge in [-0.15, -0.1) is 0 Å². The van der Waals surface area contributed by atoms with E-state index in [0.29, 0.717) is 0 Å². The summed E-state index contributed by atoms with van der Waals surface area (Å²) < 4.78 is 8.55. The predicted octanol–water partition coefficient (Wildman–Crippen LogP) is 2.89. The fourth-order valence-electron chi connectivity index (χ4n) is 2.07. The van der Waals surface area contributed by atoms with Crippen molar-refractivity contribution in [1.29, 1.82) is 0 Å². The van der Waals surface area contributed by atoms with Crippen LogP contribution in [0.3, 0.4) is 0 Å². The van der Waals surface area contributed by atoms with Gasteiger partial charge in [-0.2, -0.15) is 0 Å². The van der Waals surface area contributed by atoms with Crippen LogP contribution >= 0.6 is 15.9 Å². The van der Waals surface area contributed by atoms with E-state index >= 15 is 0 Å². The summed E-state index contributed by atoms with van der Waals surface area (Å²) in [5.74, 6) is 1.84. The lowest BCUT2D eigenvalue weighted by atomic mass is 10.1. The summed E-state index contributed by atoms with van der Waals surface area (Å²) in [7, 11) is 5.63. The predicted molar refractivity (Wildman–Crippen MR) is 80.4 cm³/mol. The minimum atomic E-state index is 0.744. The third kappa shape index (κ3) is 2.67. The van der Waals surface area contributed by atoms with Crippen LogP contribution in [-0.4, -0.2) is 23.7 Å². The van der Waals surface area contributed by atoms with E-state index < -0.39 is 0 Å². The third-order valence-electron chi connectivity index (χ3n) is 3.23. The molecule has 0 aliphatic heterocycles. The summed E-state index contributed by atoms with van der Waals surface area (Å²) in [6.07, 6.45) is 0. The Balaban J connectivity index is 2.58. The van der Waals surface area contributed by atoms with Gasteiger partial charge in [0.1, 0.15) is 11.6 Å². The lowest BCUT2D eigenvalue weighted by molar-refractivity contribution is 0.416. The maximum absolute atomic E-state index is 5.43.